The molecule has 0 bridgehead atoms. The van der Waals surface area contributed by atoms with Crippen LogP contribution < -0.4 is 4.74 Å². The Morgan fingerprint density at radius 3 is 2.52 bits per heavy atom. The predicted octanol–water partition coefficient (Wildman–Crippen LogP) is 4.74. The third-order valence-corrected chi connectivity index (χ3v) is 5.82. The van der Waals surface area contributed by atoms with Crippen LogP contribution in [0.4, 0.5) is 5.69 Å². The van der Waals surface area contributed by atoms with Gasteiger partial charge in [0.15, 0.2) is 0 Å². The molecule has 1 atom stereocenters. The Morgan fingerprint density at radius 2 is 1.82 bits per heavy atom. The standard InChI is InChI=1S/C25H20N4O4/c1-33-20-12-10-16(11-13-20)15-28-24(18-8-5-9-19(14-18)29(31)32)21-22(17-6-3-2-4-7-17)26-27-23(21)25(28)30/h2-14,24H,15H2,1H3,(H,26,27). The lowest BCUT2D eigenvalue weighted by Crippen LogP contribution is -2.29. The lowest BCUT2D eigenvalue weighted by atomic mass is 9.95. The van der Waals surface area contributed by atoms with Crippen LogP contribution in [0.2, 0.25) is 0 Å². The first-order chi connectivity index (χ1) is 16.1. The number of methoxy groups -OCH3 is 1. The molecule has 0 radical (unpaired) electrons. The summed E-state index contributed by atoms with van der Waals surface area (Å²) in [5.41, 5.74) is 4.20. The van der Waals surface area contributed by atoms with Crippen LogP contribution in [0.5, 0.6) is 5.75 Å². The van der Waals surface area contributed by atoms with Gasteiger partial charge < -0.3 is 9.64 Å². The van der Waals surface area contributed by atoms with Crippen LogP contribution in [0.1, 0.15) is 33.2 Å². The van der Waals surface area contributed by atoms with E-state index in [1.165, 1.54) is 12.1 Å². The summed E-state index contributed by atoms with van der Waals surface area (Å²) in [6, 6.07) is 23.0. The molecule has 1 aliphatic heterocycles. The number of ether oxygens (including phenoxy) is 1. The van der Waals surface area contributed by atoms with Gasteiger partial charge in [0.25, 0.3) is 11.6 Å². The number of aromatic nitrogens is 2. The quantitative estimate of drug-likeness (QED) is 0.345. The van der Waals surface area contributed by atoms with Gasteiger partial charge in [-0.3, -0.25) is 20.0 Å². The number of nitrogens with one attached hydrogen (secondary N) is 1. The van der Waals surface area contributed by atoms with E-state index in [0.717, 1.165) is 22.4 Å². The minimum absolute atomic E-state index is 0.0254. The second kappa shape index (κ2) is 8.23. The average Bonchev–Trinajstić information content (AvgIpc) is 3.39. The maximum absolute atomic E-state index is 13.5. The molecule has 3 aromatic carbocycles. The molecule has 2 heterocycles. The van der Waals surface area contributed by atoms with Gasteiger partial charge in [-0.1, -0.05) is 54.6 Å². The second-order valence-corrected chi connectivity index (χ2v) is 7.76. The third-order valence-electron chi connectivity index (χ3n) is 5.82. The molecule has 1 unspecified atom stereocenters. The summed E-state index contributed by atoms with van der Waals surface area (Å²) in [5.74, 6) is 0.523. The molecule has 0 saturated heterocycles. The zero-order valence-electron chi connectivity index (χ0n) is 17.8. The molecule has 0 fully saturated rings. The van der Waals surface area contributed by atoms with Crippen molar-refractivity contribution in [3.63, 3.8) is 0 Å². The molecule has 0 spiro atoms. The first kappa shape index (κ1) is 20.4. The van der Waals surface area contributed by atoms with Crippen molar-refractivity contribution >= 4 is 11.6 Å². The highest BCUT2D eigenvalue weighted by Crippen LogP contribution is 2.44. The average molecular weight is 440 g/mol. The molecule has 8 heteroatoms. The number of benzene rings is 3. The first-order valence-corrected chi connectivity index (χ1v) is 10.4. The van der Waals surface area contributed by atoms with E-state index in [1.807, 2.05) is 60.7 Å². The van der Waals surface area contributed by atoms with Gasteiger partial charge >= 0.3 is 0 Å². The lowest BCUT2D eigenvalue weighted by molar-refractivity contribution is -0.384. The van der Waals surface area contributed by atoms with E-state index >= 15 is 0 Å². The van der Waals surface area contributed by atoms with Crippen molar-refractivity contribution in [2.75, 3.05) is 7.11 Å². The zero-order valence-corrected chi connectivity index (χ0v) is 17.8. The fraction of sp³-hybridized carbons (Fsp3) is 0.120. The van der Waals surface area contributed by atoms with Crippen LogP contribution in [0.25, 0.3) is 11.3 Å². The van der Waals surface area contributed by atoms with Crippen LogP contribution >= 0.6 is 0 Å². The van der Waals surface area contributed by atoms with Crippen LogP contribution in [-0.4, -0.2) is 33.0 Å². The Kier molecular flexibility index (Phi) is 5.10. The van der Waals surface area contributed by atoms with E-state index < -0.39 is 11.0 Å². The minimum atomic E-state index is -0.525. The summed E-state index contributed by atoms with van der Waals surface area (Å²) in [4.78, 5) is 26.2. The number of rotatable bonds is 6. The van der Waals surface area contributed by atoms with Crippen molar-refractivity contribution in [2.45, 2.75) is 12.6 Å². The van der Waals surface area contributed by atoms with Crippen LogP contribution in [0.15, 0.2) is 78.9 Å². The number of nitro groups is 1. The van der Waals surface area contributed by atoms with Gasteiger partial charge in [-0.05, 0) is 23.3 Å². The van der Waals surface area contributed by atoms with E-state index in [4.69, 9.17) is 4.74 Å². The van der Waals surface area contributed by atoms with Gasteiger partial charge in [-0.2, -0.15) is 5.10 Å². The molecule has 5 rings (SSSR count). The minimum Gasteiger partial charge on any atom is -0.497 e. The Bertz CT molecular complexity index is 1330. The number of aromatic amines is 1. The van der Waals surface area contributed by atoms with Gasteiger partial charge in [-0.25, -0.2) is 0 Å². The second-order valence-electron chi connectivity index (χ2n) is 7.76. The van der Waals surface area contributed by atoms with E-state index in [0.29, 0.717) is 23.5 Å². The molecule has 1 amide bonds. The Balaban J connectivity index is 1.63. The van der Waals surface area contributed by atoms with Gasteiger partial charge in [0.1, 0.15) is 11.4 Å². The number of carbonyl (C=O) groups excluding carboxylic acids is 1. The highest BCUT2D eigenvalue weighted by atomic mass is 16.6. The summed E-state index contributed by atoms with van der Waals surface area (Å²) >= 11 is 0. The van der Waals surface area contributed by atoms with Gasteiger partial charge in [0, 0.05) is 29.8 Å². The number of fused-ring (bicyclic) bond motifs is 1. The molecule has 0 saturated carbocycles. The number of amides is 1. The lowest BCUT2D eigenvalue weighted by Gasteiger charge is -2.26. The van der Waals surface area contributed by atoms with Crippen molar-refractivity contribution in [2.24, 2.45) is 0 Å². The van der Waals surface area contributed by atoms with Crippen molar-refractivity contribution in [1.29, 1.82) is 0 Å². The maximum atomic E-state index is 13.5. The largest absolute Gasteiger partial charge is 0.497 e. The topological polar surface area (TPSA) is 101 Å². The van der Waals surface area contributed by atoms with Crippen LogP contribution in [0.3, 0.4) is 0 Å². The third kappa shape index (κ3) is 3.61. The SMILES string of the molecule is COc1ccc(CN2C(=O)c3[nH]nc(-c4ccccc4)c3C2c2cccc([N+](=O)[O-])c2)cc1. The van der Waals surface area contributed by atoms with Crippen molar-refractivity contribution in [3.05, 3.63) is 111 Å². The summed E-state index contributed by atoms with van der Waals surface area (Å²) < 4.78 is 5.23. The molecule has 8 nitrogen and oxygen atoms in total. The maximum Gasteiger partial charge on any atom is 0.273 e. The fourth-order valence-electron chi connectivity index (χ4n) is 4.26. The summed E-state index contributed by atoms with van der Waals surface area (Å²) in [6.45, 7) is 0.326. The van der Waals surface area contributed by atoms with Crippen molar-refractivity contribution in [3.8, 4) is 17.0 Å². The molecule has 1 N–H and O–H groups in total. The number of H-pyrrole nitrogens is 1. The molecule has 1 aliphatic rings. The molecule has 33 heavy (non-hydrogen) atoms. The molecule has 0 aliphatic carbocycles. The van der Waals surface area contributed by atoms with Crippen LogP contribution in [0, 0.1) is 10.1 Å². The highest BCUT2D eigenvalue weighted by Gasteiger charge is 2.42. The van der Waals surface area contributed by atoms with E-state index in [1.54, 1.807) is 18.1 Å². The monoisotopic (exact) mass is 440 g/mol. The number of non-ortho nitro benzene ring substituents is 1. The summed E-state index contributed by atoms with van der Waals surface area (Å²) in [7, 11) is 1.60. The smallest absolute Gasteiger partial charge is 0.273 e. The number of nitrogens with zero attached hydrogens (tertiary/aromatic N) is 3. The Morgan fingerprint density at radius 1 is 1.06 bits per heavy atom. The fourth-order valence-corrected chi connectivity index (χ4v) is 4.26. The summed E-state index contributed by atoms with van der Waals surface area (Å²) in [6.07, 6.45) is 0. The Hall–Kier alpha value is -4.46. The number of hydrogen-bond donors (Lipinski definition) is 1. The first-order valence-electron chi connectivity index (χ1n) is 10.4. The molecular formula is C25H20N4O4. The highest BCUT2D eigenvalue weighted by molar-refractivity contribution is 6.00. The van der Waals surface area contributed by atoms with E-state index in [-0.39, 0.29) is 11.6 Å². The number of hydrogen-bond acceptors (Lipinski definition) is 5. The molecule has 4 aromatic rings. The normalized spacial score (nSPS) is 14.9. The van der Waals surface area contributed by atoms with Gasteiger partial charge in [0.2, 0.25) is 0 Å². The van der Waals surface area contributed by atoms with Gasteiger partial charge in [0.05, 0.1) is 23.8 Å². The van der Waals surface area contributed by atoms with Gasteiger partial charge in [-0.15, -0.1) is 0 Å². The van der Waals surface area contributed by atoms with E-state index in [2.05, 4.69) is 10.2 Å². The van der Waals surface area contributed by atoms with Crippen molar-refractivity contribution < 1.29 is 14.5 Å². The van der Waals surface area contributed by atoms with E-state index in [9.17, 15) is 14.9 Å². The Labute approximate surface area is 189 Å². The molecule has 1 aromatic heterocycles. The number of carbonyl (C=O) groups is 1. The predicted molar refractivity (Wildman–Crippen MR) is 122 cm³/mol. The zero-order chi connectivity index (χ0) is 22.9. The molecular weight excluding hydrogens is 420 g/mol. The number of nitro benzene ring substituents is 1. The molecule has 164 valence electrons. The summed E-state index contributed by atoms with van der Waals surface area (Å²) in [5, 5.41) is 18.8. The van der Waals surface area contributed by atoms with Crippen molar-refractivity contribution in [1.82, 2.24) is 15.1 Å². The van der Waals surface area contributed by atoms with Crippen LogP contribution in [-0.2, 0) is 6.54 Å².